The van der Waals surface area contributed by atoms with Crippen molar-refractivity contribution < 1.29 is 30.8 Å². The van der Waals surface area contributed by atoms with Crippen molar-refractivity contribution in [1.82, 2.24) is 24.6 Å². The molecule has 1 aliphatic heterocycles. The molecule has 3 aromatic heterocycles. The van der Waals surface area contributed by atoms with Crippen molar-refractivity contribution in [2.24, 2.45) is 0 Å². The maximum Gasteiger partial charge on any atom is 0.419 e. The van der Waals surface area contributed by atoms with Gasteiger partial charge in [-0.25, -0.2) is 18.4 Å². The van der Waals surface area contributed by atoms with E-state index in [9.17, 15) is 26.4 Å². The van der Waals surface area contributed by atoms with Gasteiger partial charge in [-0.05, 0) is 31.0 Å². The number of halogens is 3. The van der Waals surface area contributed by atoms with Gasteiger partial charge in [0.05, 0.1) is 17.8 Å². The highest BCUT2D eigenvalue weighted by molar-refractivity contribution is 7.89. The minimum Gasteiger partial charge on any atom is -0.443 e. The molecule has 4 aromatic rings. The zero-order chi connectivity index (χ0) is 26.2. The average Bonchev–Trinajstić information content (AvgIpc) is 3.55. The van der Waals surface area contributed by atoms with E-state index in [0.29, 0.717) is 47.5 Å². The number of carbonyl (C=O) groups is 1. The van der Waals surface area contributed by atoms with Crippen LogP contribution in [0, 0.1) is 0 Å². The number of nitrogens with zero attached hydrogens (tertiary/aromatic N) is 4. The fraction of sp³-hybridized carbons (Fsp3) is 0.250. The van der Waals surface area contributed by atoms with Crippen LogP contribution in [0.4, 0.5) is 13.2 Å². The Morgan fingerprint density at radius 3 is 2.59 bits per heavy atom. The smallest absolute Gasteiger partial charge is 0.419 e. The molecule has 13 heteroatoms. The molecule has 1 N–H and O–H groups in total. The van der Waals surface area contributed by atoms with Crippen LogP contribution >= 0.6 is 0 Å². The highest BCUT2D eigenvalue weighted by Crippen LogP contribution is 2.31. The fourth-order valence-corrected chi connectivity index (χ4v) is 5.73. The Kier molecular flexibility index (Phi) is 6.42. The standard InChI is InChI=1S/C24H20F3N5O4S/c25-24(26,27)17-12-29-22(30-13-17)16-7-8-28-18(10-16)14-31-23(33)19-5-3-9-32(19)37(34,35)21-11-15-4-1-2-6-20(15)36-21/h1-2,4,6-8,10-13,19H,3,5,9,14H2,(H,31,33)/t19-/m0/s1. The Hall–Kier alpha value is -3.84. The van der Waals surface area contributed by atoms with Crippen molar-refractivity contribution in [3.63, 3.8) is 0 Å². The summed E-state index contributed by atoms with van der Waals surface area (Å²) in [7, 11) is -4.04. The second-order valence-electron chi connectivity index (χ2n) is 8.42. The number of carbonyl (C=O) groups excluding carboxylic acids is 1. The number of sulfonamides is 1. The first-order valence-corrected chi connectivity index (χ1v) is 12.7. The number of rotatable bonds is 6. The van der Waals surface area contributed by atoms with E-state index in [2.05, 4.69) is 20.3 Å². The summed E-state index contributed by atoms with van der Waals surface area (Å²) < 4.78 is 71.4. The molecule has 0 saturated carbocycles. The van der Waals surface area contributed by atoms with Crippen LogP contribution in [0.3, 0.4) is 0 Å². The van der Waals surface area contributed by atoms with Gasteiger partial charge in [-0.3, -0.25) is 9.78 Å². The molecular formula is C24H20F3N5O4S. The first-order chi connectivity index (χ1) is 17.6. The number of furan rings is 1. The van der Waals surface area contributed by atoms with Crippen molar-refractivity contribution in [2.75, 3.05) is 6.54 Å². The number of hydrogen-bond acceptors (Lipinski definition) is 7. The Balaban J connectivity index is 1.28. The largest absolute Gasteiger partial charge is 0.443 e. The quantitative estimate of drug-likeness (QED) is 0.402. The molecule has 1 fully saturated rings. The lowest BCUT2D eigenvalue weighted by Crippen LogP contribution is -2.45. The molecule has 9 nitrogen and oxygen atoms in total. The normalized spacial score (nSPS) is 16.8. The van der Waals surface area contributed by atoms with Crippen LogP contribution in [-0.4, -0.2) is 46.2 Å². The monoisotopic (exact) mass is 531 g/mol. The van der Waals surface area contributed by atoms with Crippen LogP contribution in [0.2, 0.25) is 0 Å². The Morgan fingerprint density at radius 2 is 1.86 bits per heavy atom. The number of para-hydroxylation sites is 1. The molecule has 1 saturated heterocycles. The van der Waals surface area contributed by atoms with Crippen molar-refractivity contribution in [2.45, 2.75) is 36.7 Å². The third kappa shape index (κ3) is 5.04. The van der Waals surface area contributed by atoms with E-state index in [1.165, 1.54) is 18.3 Å². The molecule has 0 bridgehead atoms. The van der Waals surface area contributed by atoms with E-state index in [1.807, 2.05) is 0 Å². The maximum atomic E-state index is 13.2. The lowest BCUT2D eigenvalue weighted by Gasteiger charge is -2.22. The number of fused-ring (bicyclic) bond motifs is 1. The van der Waals surface area contributed by atoms with Gasteiger partial charge < -0.3 is 9.73 Å². The second kappa shape index (κ2) is 9.56. The number of benzene rings is 1. The predicted octanol–water partition coefficient (Wildman–Crippen LogP) is 3.77. The number of amides is 1. The Bertz CT molecular complexity index is 1520. The van der Waals surface area contributed by atoms with E-state index in [1.54, 1.807) is 30.3 Å². The summed E-state index contributed by atoms with van der Waals surface area (Å²) in [5, 5.41) is 3.12. The molecule has 1 aliphatic rings. The summed E-state index contributed by atoms with van der Waals surface area (Å²) in [5.41, 5.74) is 0.294. The number of pyridine rings is 1. The molecule has 0 radical (unpaired) electrons. The molecule has 1 aromatic carbocycles. The molecule has 37 heavy (non-hydrogen) atoms. The van der Waals surface area contributed by atoms with Crippen LogP contribution in [0.1, 0.15) is 24.1 Å². The Morgan fingerprint density at radius 1 is 1.11 bits per heavy atom. The molecule has 5 rings (SSSR count). The van der Waals surface area contributed by atoms with Crippen molar-refractivity contribution in [3.05, 3.63) is 72.3 Å². The van der Waals surface area contributed by atoms with Gasteiger partial charge in [-0.1, -0.05) is 18.2 Å². The van der Waals surface area contributed by atoms with Crippen LogP contribution < -0.4 is 5.32 Å². The van der Waals surface area contributed by atoms with Gasteiger partial charge in [0.25, 0.3) is 10.0 Å². The average molecular weight is 532 g/mol. The molecule has 0 spiro atoms. The summed E-state index contributed by atoms with van der Waals surface area (Å²) in [6.45, 7) is 0.152. The first-order valence-electron chi connectivity index (χ1n) is 11.3. The molecule has 192 valence electrons. The van der Waals surface area contributed by atoms with Crippen molar-refractivity contribution in [3.8, 4) is 11.4 Å². The number of aromatic nitrogens is 3. The van der Waals surface area contributed by atoms with E-state index < -0.39 is 33.7 Å². The van der Waals surface area contributed by atoms with Crippen LogP contribution in [-0.2, 0) is 27.5 Å². The van der Waals surface area contributed by atoms with Crippen molar-refractivity contribution in [1.29, 1.82) is 0 Å². The zero-order valence-electron chi connectivity index (χ0n) is 19.1. The third-order valence-corrected chi connectivity index (χ3v) is 7.73. The summed E-state index contributed by atoms with van der Waals surface area (Å²) in [4.78, 5) is 24.7. The minimum atomic E-state index is -4.54. The summed E-state index contributed by atoms with van der Waals surface area (Å²) in [6, 6.07) is 10.5. The number of hydrogen-bond donors (Lipinski definition) is 1. The predicted molar refractivity (Wildman–Crippen MR) is 125 cm³/mol. The van der Waals surface area contributed by atoms with Gasteiger partial charge in [-0.2, -0.15) is 17.5 Å². The highest BCUT2D eigenvalue weighted by atomic mass is 32.2. The lowest BCUT2D eigenvalue weighted by atomic mass is 10.2. The van der Waals surface area contributed by atoms with Gasteiger partial charge in [-0.15, -0.1) is 0 Å². The van der Waals surface area contributed by atoms with Gasteiger partial charge in [0, 0.05) is 42.2 Å². The summed E-state index contributed by atoms with van der Waals surface area (Å²) in [5.74, 6) is -0.419. The van der Waals surface area contributed by atoms with Gasteiger partial charge in [0.15, 0.2) is 5.82 Å². The molecule has 0 unspecified atom stereocenters. The molecular weight excluding hydrogens is 511 g/mol. The highest BCUT2D eigenvalue weighted by Gasteiger charge is 2.41. The molecule has 1 amide bonds. The minimum absolute atomic E-state index is 0.0255. The summed E-state index contributed by atoms with van der Waals surface area (Å²) in [6.07, 6.45) is -0.874. The zero-order valence-corrected chi connectivity index (χ0v) is 20.0. The lowest BCUT2D eigenvalue weighted by molar-refractivity contribution is -0.138. The topological polar surface area (TPSA) is 118 Å². The fourth-order valence-electron chi connectivity index (χ4n) is 4.12. The van der Waals surface area contributed by atoms with E-state index in [-0.39, 0.29) is 24.0 Å². The number of alkyl halides is 3. The van der Waals surface area contributed by atoms with Crippen LogP contribution in [0.15, 0.2) is 70.6 Å². The van der Waals surface area contributed by atoms with Gasteiger partial charge in [0.1, 0.15) is 11.6 Å². The first kappa shape index (κ1) is 24.8. The van der Waals surface area contributed by atoms with E-state index in [0.717, 1.165) is 4.31 Å². The van der Waals surface area contributed by atoms with E-state index in [4.69, 9.17) is 4.42 Å². The van der Waals surface area contributed by atoms with Gasteiger partial charge >= 0.3 is 6.18 Å². The van der Waals surface area contributed by atoms with Crippen LogP contribution in [0.5, 0.6) is 0 Å². The summed E-state index contributed by atoms with van der Waals surface area (Å²) >= 11 is 0. The molecule has 1 atom stereocenters. The SMILES string of the molecule is O=C(NCc1cc(-c2ncc(C(F)(F)F)cn2)ccn1)[C@@H]1CCCN1S(=O)(=O)c1cc2ccccc2o1. The number of nitrogens with one attached hydrogen (secondary N) is 1. The third-order valence-electron chi connectivity index (χ3n) is 5.97. The second-order valence-corrected chi connectivity index (χ2v) is 10.2. The maximum absolute atomic E-state index is 13.2. The van der Waals surface area contributed by atoms with Crippen molar-refractivity contribution >= 4 is 26.9 Å². The van der Waals surface area contributed by atoms with E-state index >= 15 is 0 Å². The molecule has 4 heterocycles. The van der Waals surface area contributed by atoms with Gasteiger partial charge in [0.2, 0.25) is 11.0 Å². The Labute approximate surface area is 209 Å². The molecule has 0 aliphatic carbocycles. The van der Waals surface area contributed by atoms with Crippen LogP contribution in [0.25, 0.3) is 22.4 Å².